The van der Waals surface area contributed by atoms with Crippen molar-refractivity contribution in [2.75, 3.05) is 19.8 Å². The highest BCUT2D eigenvalue weighted by Gasteiger charge is 2.25. The van der Waals surface area contributed by atoms with Gasteiger partial charge >= 0.3 is 0 Å². The van der Waals surface area contributed by atoms with E-state index in [4.69, 9.17) is 4.74 Å². The largest absolute Gasteiger partial charge is 0.381 e. The smallest absolute Gasteiger partial charge is 0.0510 e. The second kappa shape index (κ2) is 5.97. The first-order chi connectivity index (χ1) is 7.90. The van der Waals surface area contributed by atoms with E-state index in [1.807, 2.05) is 18.5 Å². The Morgan fingerprint density at radius 3 is 3.19 bits per heavy atom. The molecule has 0 bridgehead atoms. The van der Waals surface area contributed by atoms with Crippen molar-refractivity contribution in [1.82, 2.24) is 10.3 Å². The molecule has 16 heavy (non-hydrogen) atoms. The van der Waals surface area contributed by atoms with Crippen LogP contribution in [-0.4, -0.2) is 30.8 Å². The van der Waals surface area contributed by atoms with Gasteiger partial charge in [-0.3, -0.25) is 4.98 Å². The highest BCUT2D eigenvalue weighted by Crippen LogP contribution is 2.19. The summed E-state index contributed by atoms with van der Waals surface area (Å²) in [6.45, 7) is 4.99. The third kappa shape index (κ3) is 3.03. The highest BCUT2D eigenvalue weighted by molar-refractivity contribution is 5.10. The Kier molecular flexibility index (Phi) is 4.31. The molecule has 0 spiro atoms. The van der Waals surface area contributed by atoms with Gasteiger partial charge in [0.15, 0.2) is 0 Å². The first-order valence-corrected chi connectivity index (χ1v) is 6.10. The van der Waals surface area contributed by atoms with Crippen LogP contribution in [0, 0.1) is 5.92 Å². The van der Waals surface area contributed by atoms with Crippen molar-refractivity contribution < 1.29 is 4.74 Å². The maximum atomic E-state index is 5.47. The number of hydrogen-bond acceptors (Lipinski definition) is 3. The van der Waals surface area contributed by atoms with E-state index >= 15 is 0 Å². The van der Waals surface area contributed by atoms with Crippen molar-refractivity contribution in [1.29, 1.82) is 0 Å². The van der Waals surface area contributed by atoms with Gasteiger partial charge in [0.25, 0.3) is 0 Å². The minimum absolute atomic E-state index is 0.525. The van der Waals surface area contributed by atoms with Crippen LogP contribution in [0.1, 0.15) is 18.9 Å². The molecule has 0 aliphatic carbocycles. The Morgan fingerprint density at radius 2 is 2.56 bits per heavy atom. The Balaban J connectivity index is 1.96. The van der Waals surface area contributed by atoms with Gasteiger partial charge in [-0.1, -0.05) is 13.0 Å². The van der Waals surface area contributed by atoms with Gasteiger partial charge in [0.05, 0.1) is 6.61 Å². The number of likely N-dealkylation sites (N-methyl/N-ethyl adjacent to an activating group) is 1. The van der Waals surface area contributed by atoms with Crippen LogP contribution in [-0.2, 0) is 11.2 Å². The van der Waals surface area contributed by atoms with E-state index < -0.39 is 0 Å². The average molecular weight is 220 g/mol. The monoisotopic (exact) mass is 220 g/mol. The summed E-state index contributed by atoms with van der Waals surface area (Å²) in [5, 5.41) is 3.57. The Morgan fingerprint density at radius 1 is 1.62 bits per heavy atom. The van der Waals surface area contributed by atoms with Gasteiger partial charge < -0.3 is 10.1 Å². The number of nitrogens with zero attached hydrogens (tertiary/aromatic N) is 1. The lowest BCUT2D eigenvalue weighted by molar-refractivity contribution is 0.176. The molecular weight excluding hydrogens is 200 g/mol. The standard InChI is InChI=1S/C13H20N2O/c1-2-15-13(12-5-7-16-10-12)8-11-4-3-6-14-9-11/h3-4,6,9,12-13,15H,2,5,7-8,10H2,1H3. The van der Waals surface area contributed by atoms with E-state index in [0.29, 0.717) is 12.0 Å². The van der Waals surface area contributed by atoms with E-state index in [1.54, 1.807) is 0 Å². The van der Waals surface area contributed by atoms with Crippen LogP contribution in [0.15, 0.2) is 24.5 Å². The van der Waals surface area contributed by atoms with Gasteiger partial charge in [0, 0.05) is 31.0 Å². The second-order valence-corrected chi connectivity index (χ2v) is 4.35. The molecule has 88 valence electrons. The fourth-order valence-corrected chi connectivity index (χ4v) is 2.31. The molecular formula is C13H20N2O. The zero-order valence-electron chi connectivity index (χ0n) is 9.86. The van der Waals surface area contributed by atoms with Crippen LogP contribution in [0.3, 0.4) is 0 Å². The van der Waals surface area contributed by atoms with Gasteiger partial charge in [0.2, 0.25) is 0 Å². The molecule has 2 unspecified atom stereocenters. The van der Waals surface area contributed by atoms with E-state index in [1.165, 1.54) is 12.0 Å². The molecule has 2 atom stereocenters. The van der Waals surface area contributed by atoms with Gasteiger partial charge in [-0.05, 0) is 31.0 Å². The van der Waals surface area contributed by atoms with Crippen molar-refractivity contribution in [2.24, 2.45) is 5.92 Å². The van der Waals surface area contributed by atoms with Crippen molar-refractivity contribution >= 4 is 0 Å². The van der Waals surface area contributed by atoms with Gasteiger partial charge in [0.1, 0.15) is 0 Å². The molecule has 3 heteroatoms. The number of nitrogens with one attached hydrogen (secondary N) is 1. The first-order valence-electron chi connectivity index (χ1n) is 6.10. The lowest BCUT2D eigenvalue weighted by Gasteiger charge is -2.23. The lowest BCUT2D eigenvalue weighted by atomic mass is 9.93. The maximum absolute atomic E-state index is 5.47. The predicted octanol–water partition coefficient (Wildman–Crippen LogP) is 1.64. The molecule has 1 aromatic rings. The quantitative estimate of drug-likeness (QED) is 0.819. The molecule has 0 aromatic carbocycles. The third-order valence-corrected chi connectivity index (χ3v) is 3.18. The van der Waals surface area contributed by atoms with Crippen LogP contribution in [0.2, 0.25) is 0 Å². The lowest BCUT2D eigenvalue weighted by Crippen LogP contribution is -2.38. The third-order valence-electron chi connectivity index (χ3n) is 3.18. The number of rotatable bonds is 5. The van der Waals surface area contributed by atoms with Crippen LogP contribution in [0.25, 0.3) is 0 Å². The number of hydrogen-bond donors (Lipinski definition) is 1. The number of ether oxygens (including phenoxy) is 1. The maximum Gasteiger partial charge on any atom is 0.0510 e. The second-order valence-electron chi connectivity index (χ2n) is 4.35. The topological polar surface area (TPSA) is 34.2 Å². The van der Waals surface area contributed by atoms with E-state index in [2.05, 4.69) is 23.3 Å². The van der Waals surface area contributed by atoms with Gasteiger partial charge in [-0.2, -0.15) is 0 Å². The molecule has 1 aliphatic rings. The summed E-state index contributed by atoms with van der Waals surface area (Å²) < 4.78 is 5.47. The summed E-state index contributed by atoms with van der Waals surface area (Å²) >= 11 is 0. The molecule has 1 aliphatic heterocycles. The van der Waals surface area contributed by atoms with Crippen molar-refractivity contribution in [3.8, 4) is 0 Å². The molecule has 0 amide bonds. The molecule has 2 heterocycles. The Bertz CT molecular complexity index is 296. The summed E-state index contributed by atoms with van der Waals surface area (Å²) in [6.07, 6.45) is 6.01. The Labute approximate surface area is 97.2 Å². The summed E-state index contributed by atoms with van der Waals surface area (Å²) in [5.41, 5.74) is 1.31. The molecule has 3 nitrogen and oxygen atoms in total. The van der Waals surface area contributed by atoms with Crippen molar-refractivity contribution in [3.05, 3.63) is 30.1 Å². The highest BCUT2D eigenvalue weighted by atomic mass is 16.5. The average Bonchev–Trinajstić information content (AvgIpc) is 2.83. The van der Waals surface area contributed by atoms with Crippen LogP contribution < -0.4 is 5.32 Å². The minimum atomic E-state index is 0.525. The minimum Gasteiger partial charge on any atom is -0.381 e. The van der Waals surface area contributed by atoms with Gasteiger partial charge in [-0.15, -0.1) is 0 Å². The number of aromatic nitrogens is 1. The summed E-state index contributed by atoms with van der Waals surface area (Å²) in [5.74, 6) is 0.653. The van der Waals surface area contributed by atoms with Crippen LogP contribution in [0.5, 0.6) is 0 Å². The normalized spacial score (nSPS) is 22.2. The zero-order valence-corrected chi connectivity index (χ0v) is 9.86. The fourth-order valence-electron chi connectivity index (χ4n) is 2.31. The summed E-state index contributed by atoms with van der Waals surface area (Å²) in [4.78, 5) is 4.17. The fraction of sp³-hybridized carbons (Fsp3) is 0.615. The molecule has 0 radical (unpaired) electrons. The molecule has 0 saturated carbocycles. The molecule has 1 fully saturated rings. The Hall–Kier alpha value is -0.930. The number of pyridine rings is 1. The van der Waals surface area contributed by atoms with E-state index in [0.717, 1.165) is 26.2 Å². The first kappa shape index (κ1) is 11.6. The molecule has 1 saturated heterocycles. The van der Waals surface area contributed by atoms with E-state index in [-0.39, 0.29) is 0 Å². The zero-order chi connectivity index (χ0) is 11.2. The van der Waals surface area contributed by atoms with Crippen LogP contribution >= 0.6 is 0 Å². The van der Waals surface area contributed by atoms with Gasteiger partial charge in [-0.25, -0.2) is 0 Å². The molecule has 1 aromatic heterocycles. The summed E-state index contributed by atoms with van der Waals surface area (Å²) in [7, 11) is 0. The van der Waals surface area contributed by atoms with Crippen molar-refractivity contribution in [3.63, 3.8) is 0 Å². The van der Waals surface area contributed by atoms with Crippen LogP contribution in [0.4, 0.5) is 0 Å². The molecule has 2 rings (SSSR count). The molecule has 1 N–H and O–H groups in total. The predicted molar refractivity (Wildman–Crippen MR) is 64.3 cm³/mol. The van der Waals surface area contributed by atoms with E-state index in [9.17, 15) is 0 Å². The SMILES string of the molecule is CCNC(Cc1cccnc1)C1CCOC1. The van der Waals surface area contributed by atoms with Crippen molar-refractivity contribution in [2.45, 2.75) is 25.8 Å². The summed E-state index contributed by atoms with van der Waals surface area (Å²) in [6, 6.07) is 4.67.